The molecular weight excluding hydrogens is 546 g/mol. The van der Waals surface area contributed by atoms with Crippen LogP contribution in [-0.2, 0) is 17.6 Å². The third-order valence-corrected chi connectivity index (χ3v) is 8.22. The number of furan rings is 1. The van der Waals surface area contributed by atoms with Gasteiger partial charge in [0.25, 0.3) is 11.8 Å². The van der Waals surface area contributed by atoms with Crippen LogP contribution in [0.5, 0.6) is 0 Å². The van der Waals surface area contributed by atoms with Crippen LogP contribution < -0.4 is 10.6 Å². The minimum atomic E-state index is -0.501. The molecule has 1 aliphatic carbocycles. The summed E-state index contributed by atoms with van der Waals surface area (Å²) in [6.45, 7) is 0. The first kappa shape index (κ1) is 27.4. The van der Waals surface area contributed by atoms with Crippen LogP contribution in [0.25, 0.3) is 17.0 Å². The van der Waals surface area contributed by atoms with Gasteiger partial charge in [-0.05, 0) is 79.8 Å². The molecule has 3 aromatic carbocycles. The Bertz CT molecular complexity index is 1790. The molecule has 0 bridgehead atoms. The molecule has 2 amide bonds. The summed E-state index contributed by atoms with van der Waals surface area (Å²) >= 11 is 1.43. The van der Waals surface area contributed by atoms with E-state index in [0.29, 0.717) is 17.0 Å². The summed E-state index contributed by atoms with van der Waals surface area (Å²) in [6, 6.07) is 27.5. The molecule has 0 fully saturated rings. The number of carbonyl (C=O) groups excluding carboxylic acids is 3. The van der Waals surface area contributed by atoms with E-state index in [9.17, 15) is 14.4 Å². The predicted octanol–water partition coefficient (Wildman–Crippen LogP) is 6.96. The Morgan fingerprint density at radius 1 is 0.881 bits per heavy atom. The lowest BCUT2D eigenvalue weighted by molar-refractivity contribution is -0.113. The van der Waals surface area contributed by atoms with Gasteiger partial charge in [-0.15, -0.1) is 11.8 Å². The van der Waals surface area contributed by atoms with Gasteiger partial charge in [-0.25, -0.2) is 0 Å². The van der Waals surface area contributed by atoms with E-state index < -0.39 is 11.8 Å². The summed E-state index contributed by atoms with van der Waals surface area (Å²) in [5.41, 5.74) is 4.43. The van der Waals surface area contributed by atoms with Crippen LogP contribution >= 0.6 is 11.8 Å². The minimum Gasteiger partial charge on any atom is -0.465 e. The topological polar surface area (TPSA) is 93.3 Å². The van der Waals surface area contributed by atoms with Crippen molar-refractivity contribution in [3.05, 3.63) is 126 Å². The van der Waals surface area contributed by atoms with Crippen molar-refractivity contribution in [3.63, 3.8) is 0 Å². The molecule has 0 unspecified atom stereocenters. The van der Waals surface area contributed by atoms with Crippen LogP contribution in [-0.4, -0.2) is 28.0 Å². The fourth-order valence-electron chi connectivity index (χ4n) is 5.31. The van der Waals surface area contributed by atoms with E-state index in [0.717, 1.165) is 41.8 Å². The second-order valence-electron chi connectivity index (χ2n) is 10.0. The smallest absolute Gasteiger partial charge is 0.272 e. The van der Waals surface area contributed by atoms with Crippen LogP contribution in [0.3, 0.4) is 0 Å². The van der Waals surface area contributed by atoms with Crippen molar-refractivity contribution >= 4 is 52.1 Å². The number of hydrogen-bond donors (Lipinski definition) is 2. The van der Waals surface area contributed by atoms with E-state index in [4.69, 9.17) is 4.42 Å². The normalized spacial score (nSPS) is 13.0. The molecule has 2 N–H and O–H groups in total. The Hall–Kier alpha value is -4.82. The zero-order chi connectivity index (χ0) is 28.9. The molecule has 8 heteroatoms. The lowest BCUT2D eigenvalue weighted by atomic mass is 9.96. The molecule has 0 aliphatic heterocycles. The predicted molar refractivity (Wildman–Crippen MR) is 166 cm³/mol. The Morgan fingerprint density at radius 2 is 1.69 bits per heavy atom. The monoisotopic (exact) mass is 575 g/mol. The SMILES string of the molecule is O=C(Nc1cccc(SCC(=O)n2c3c(c4ccccc42)CCCC3)c1)/C(=C/c1ccco1)NC(=O)c1ccccc1. The average molecular weight is 576 g/mol. The molecule has 1 aliphatic rings. The minimum absolute atomic E-state index is 0.0382. The molecule has 210 valence electrons. The number of aryl methyl sites for hydroxylation is 1. The number of carbonyl (C=O) groups is 3. The molecule has 0 radical (unpaired) electrons. The van der Waals surface area contributed by atoms with Crippen LogP contribution in [0, 0.1) is 0 Å². The second-order valence-corrected chi connectivity index (χ2v) is 11.1. The van der Waals surface area contributed by atoms with Crippen LogP contribution in [0.2, 0.25) is 0 Å². The summed E-state index contributed by atoms with van der Waals surface area (Å²) < 4.78 is 7.28. The zero-order valence-electron chi connectivity index (χ0n) is 22.8. The second kappa shape index (κ2) is 12.4. The number of nitrogens with zero attached hydrogens (tertiary/aromatic N) is 1. The molecule has 0 spiro atoms. The van der Waals surface area contributed by atoms with Gasteiger partial charge in [0.15, 0.2) is 0 Å². The molecule has 0 atom stereocenters. The highest BCUT2D eigenvalue weighted by molar-refractivity contribution is 8.00. The maximum atomic E-state index is 13.5. The Kier molecular flexibility index (Phi) is 8.05. The van der Waals surface area contributed by atoms with Gasteiger partial charge in [-0.3, -0.25) is 19.0 Å². The van der Waals surface area contributed by atoms with E-state index in [-0.39, 0.29) is 17.4 Å². The highest BCUT2D eigenvalue weighted by atomic mass is 32.2. The summed E-state index contributed by atoms with van der Waals surface area (Å²) in [7, 11) is 0. The first-order chi connectivity index (χ1) is 20.6. The molecule has 7 nitrogen and oxygen atoms in total. The van der Waals surface area contributed by atoms with Crippen molar-refractivity contribution in [3.8, 4) is 0 Å². The lowest BCUT2D eigenvalue weighted by Crippen LogP contribution is -2.30. The first-order valence-corrected chi connectivity index (χ1v) is 14.9. The first-order valence-electron chi connectivity index (χ1n) is 13.9. The number of nitrogens with one attached hydrogen (secondary N) is 2. The van der Waals surface area contributed by atoms with Gasteiger partial charge in [0, 0.05) is 33.3 Å². The number of benzene rings is 3. The van der Waals surface area contributed by atoms with E-state index in [1.165, 1.54) is 35.1 Å². The maximum absolute atomic E-state index is 13.5. The summed E-state index contributed by atoms with van der Waals surface area (Å²) in [5, 5.41) is 6.74. The van der Waals surface area contributed by atoms with Gasteiger partial charge in [-0.1, -0.05) is 42.5 Å². The Labute approximate surface area is 247 Å². The maximum Gasteiger partial charge on any atom is 0.272 e. The van der Waals surface area contributed by atoms with Crippen LogP contribution in [0.4, 0.5) is 5.69 Å². The Balaban J connectivity index is 1.17. The zero-order valence-corrected chi connectivity index (χ0v) is 23.7. The van der Waals surface area contributed by atoms with Gasteiger partial charge in [0.2, 0.25) is 5.91 Å². The number of thioether (sulfide) groups is 1. The molecular formula is C34H29N3O4S. The fourth-order valence-corrected chi connectivity index (χ4v) is 6.11. The number of anilines is 1. The fraction of sp³-hybridized carbons (Fsp3) is 0.147. The average Bonchev–Trinajstić information content (AvgIpc) is 3.66. The standard InChI is InChI=1S/C34H29N3O4S/c38-32(37-30-17-6-4-15-27(30)28-16-5-7-18-31(28)37)22-42-26-14-8-12-24(20-26)35-34(40)29(21-25-13-9-19-41-25)36-33(39)23-10-2-1-3-11-23/h1-4,6,8-15,17,19-21H,5,7,16,18,22H2,(H,35,40)(H,36,39)/b29-21-. The third kappa shape index (κ3) is 5.94. The summed E-state index contributed by atoms with van der Waals surface area (Å²) in [4.78, 5) is 40.5. The van der Waals surface area contributed by atoms with Crippen molar-refractivity contribution in [2.24, 2.45) is 0 Å². The molecule has 6 rings (SSSR count). The van der Waals surface area contributed by atoms with E-state index in [1.807, 2.05) is 47.0 Å². The molecule has 2 heterocycles. The highest BCUT2D eigenvalue weighted by Gasteiger charge is 2.23. The number of rotatable bonds is 8. The van der Waals surface area contributed by atoms with E-state index in [2.05, 4.69) is 16.7 Å². The molecule has 42 heavy (non-hydrogen) atoms. The number of amides is 2. The van der Waals surface area contributed by atoms with Gasteiger partial charge in [0.1, 0.15) is 11.5 Å². The number of fused-ring (bicyclic) bond motifs is 3. The van der Waals surface area contributed by atoms with Crippen molar-refractivity contribution < 1.29 is 18.8 Å². The number of para-hydroxylation sites is 1. The summed E-state index contributed by atoms with van der Waals surface area (Å²) in [6.07, 6.45) is 7.14. The van der Waals surface area contributed by atoms with E-state index in [1.54, 1.807) is 42.5 Å². The number of hydrogen-bond acceptors (Lipinski definition) is 5. The molecule has 0 saturated carbocycles. The van der Waals surface area contributed by atoms with Crippen LogP contribution in [0.15, 0.2) is 112 Å². The van der Waals surface area contributed by atoms with Crippen molar-refractivity contribution in [1.82, 2.24) is 9.88 Å². The third-order valence-electron chi connectivity index (χ3n) is 7.24. The largest absolute Gasteiger partial charge is 0.465 e. The van der Waals surface area contributed by atoms with Crippen LogP contribution in [0.1, 0.15) is 45.0 Å². The molecule has 2 aromatic heterocycles. The lowest BCUT2D eigenvalue weighted by Gasteiger charge is -2.15. The Morgan fingerprint density at radius 3 is 2.52 bits per heavy atom. The number of aromatic nitrogens is 1. The summed E-state index contributed by atoms with van der Waals surface area (Å²) in [5.74, 6) is -0.179. The van der Waals surface area contributed by atoms with Crippen molar-refractivity contribution in [2.45, 2.75) is 30.6 Å². The van der Waals surface area contributed by atoms with Gasteiger partial charge in [-0.2, -0.15) is 0 Å². The van der Waals surface area contributed by atoms with Gasteiger partial charge >= 0.3 is 0 Å². The highest BCUT2D eigenvalue weighted by Crippen LogP contribution is 2.33. The van der Waals surface area contributed by atoms with Gasteiger partial charge < -0.3 is 15.1 Å². The molecule has 5 aromatic rings. The van der Waals surface area contributed by atoms with Gasteiger partial charge in [0.05, 0.1) is 17.5 Å². The van der Waals surface area contributed by atoms with E-state index >= 15 is 0 Å². The van der Waals surface area contributed by atoms with Crippen molar-refractivity contribution in [1.29, 1.82) is 0 Å². The molecule has 0 saturated heterocycles. The quantitative estimate of drug-likeness (QED) is 0.154. The van der Waals surface area contributed by atoms with Crippen molar-refractivity contribution in [2.75, 3.05) is 11.1 Å².